The van der Waals surface area contributed by atoms with Crippen LogP contribution in [-0.2, 0) is 9.47 Å². The molecule has 0 aliphatic heterocycles. The molecule has 0 bridgehead atoms. The van der Waals surface area contributed by atoms with Gasteiger partial charge in [0.25, 0.3) is 0 Å². The Bertz CT molecular complexity index is 804. The smallest absolute Gasteiger partial charge is 0.161 e. The molecule has 2 atom stereocenters. The molecule has 0 aliphatic rings. The lowest BCUT2D eigenvalue weighted by Crippen LogP contribution is -2.30. The van der Waals surface area contributed by atoms with Gasteiger partial charge in [-0.2, -0.15) is 0 Å². The van der Waals surface area contributed by atoms with Gasteiger partial charge in [0.15, 0.2) is 29.1 Å². The van der Waals surface area contributed by atoms with Crippen LogP contribution < -0.4 is 14.2 Å². The Morgan fingerprint density at radius 3 is 2.31 bits per heavy atom. The third kappa shape index (κ3) is 5.87. The first-order valence-corrected chi connectivity index (χ1v) is 9.08. The summed E-state index contributed by atoms with van der Waals surface area (Å²) in [5, 5.41) is 19.8. The van der Waals surface area contributed by atoms with Gasteiger partial charge in [-0.3, -0.25) is 0 Å². The molecule has 7 heteroatoms. The number of phenolic OH excluding ortho intramolecular Hbond substituents is 1. The van der Waals surface area contributed by atoms with Crippen LogP contribution in [0.5, 0.6) is 23.0 Å². The molecule has 0 spiro atoms. The number of ether oxygens (including phenoxy) is 5. The summed E-state index contributed by atoms with van der Waals surface area (Å²) < 4.78 is 27.2. The lowest BCUT2D eigenvalue weighted by molar-refractivity contribution is -0.0265. The summed E-state index contributed by atoms with van der Waals surface area (Å²) in [7, 11) is 6.18. The van der Waals surface area contributed by atoms with Crippen molar-refractivity contribution in [2.45, 2.75) is 12.2 Å². The Morgan fingerprint density at radius 1 is 0.931 bits per heavy atom. The van der Waals surface area contributed by atoms with Gasteiger partial charge in [-0.15, -0.1) is 0 Å². The van der Waals surface area contributed by atoms with Crippen LogP contribution in [0, 0.1) is 0 Å². The van der Waals surface area contributed by atoms with E-state index in [1.54, 1.807) is 32.4 Å². The standard InChI is InChI=1S/C22H28O7/c1-25-11-5-6-15-7-10-18(20(12-15)27-3)29-21(14-23)22(28-4)16-8-9-17(24)19(13-16)26-2/h5-10,12-13,21-24H,11,14H2,1-4H3/t21-,22-/m1/s1. The van der Waals surface area contributed by atoms with Crippen molar-refractivity contribution in [2.24, 2.45) is 0 Å². The summed E-state index contributed by atoms with van der Waals surface area (Å²) in [6.07, 6.45) is 2.50. The molecular weight excluding hydrogens is 376 g/mol. The third-order valence-corrected chi connectivity index (χ3v) is 4.34. The van der Waals surface area contributed by atoms with Crippen LogP contribution in [0.4, 0.5) is 0 Å². The average molecular weight is 404 g/mol. The van der Waals surface area contributed by atoms with E-state index in [9.17, 15) is 10.2 Å². The molecule has 0 fully saturated rings. The van der Waals surface area contributed by atoms with E-state index < -0.39 is 12.2 Å². The van der Waals surface area contributed by atoms with E-state index in [2.05, 4.69) is 0 Å². The van der Waals surface area contributed by atoms with E-state index in [4.69, 9.17) is 23.7 Å². The Kier molecular flexibility index (Phi) is 8.79. The van der Waals surface area contributed by atoms with Crippen molar-refractivity contribution < 1.29 is 33.9 Å². The quantitative estimate of drug-likeness (QED) is 0.595. The molecule has 0 amide bonds. The van der Waals surface area contributed by atoms with E-state index >= 15 is 0 Å². The zero-order chi connectivity index (χ0) is 21.2. The van der Waals surface area contributed by atoms with E-state index in [0.717, 1.165) is 5.56 Å². The Balaban J connectivity index is 2.27. The molecular formula is C22H28O7. The molecule has 29 heavy (non-hydrogen) atoms. The molecule has 0 unspecified atom stereocenters. The predicted octanol–water partition coefficient (Wildman–Crippen LogP) is 3.20. The highest BCUT2D eigenvalue weighted by molar-refractivity contribution is 5.56. The van der Waals surface area contributed by atoms with Crippen molar-refractivity contribution in [2.75, 3.05) is 41.7 Å². The van der Waals surface area contributed by atoms with Crippen molar-refractivity contribution in [1.82, 2.24) is 0 Å². The van der Waals surface area contributed by atoms with Gasteiger partial charge in [0, 0.05) is 14.2 Å². The van der Waals surface area contributed by atoms with E-state index in [0.29, 0.717) is 29.4 Å². The van der Waals surface area contributed by atoms with Crippen LogP contribution in [0.15, 0.2) is 42.5 Å². The molecule has 0 aromatic heterocycles. The van der Waals surface area contributed by atoms with Crippen LogP contribution in [0.25, 0.3) is 6.08 Å². The topological polar surface area (TPSA) is 86.6 Å². The normalized spacial score (nSPS) is 13.3. The number of aromatic hydroxyl groups is 1. The van der Waals surface area contributed by atoms with Crippen LogP contribution in [0.3, 0.4) is 0 Å². The second-order valence-corrected chi connectivity index (χ2v) is 6.19. The van der Waals surface area contributed by atoms with Crippen LogP contribution in [0.2, 0.25) is 0 Å². The molecule has 158 valence electrons. The number of rotatable bonds is 11. The largest absolute Gasteiger partial charge is 0.504 e. The molecule has 0 saturated carbocycles. The number of methoxy groups -OCH3 is 4. The van der Waals surface area contributed by atoms with E-state index in [-0.39, 0.29) is 12.4 Å². The van der Waals surface area contributed by atoms with E-state index in [1.807, 2.05) is 24.3 Å². The van der Waals surface area contributed by atoms with Crippen molar-refractivity contribution in [1.29, 1.82) is 0 Å². The summed E-state index contributed by atoms with van der Waals surface area (Å²) in [4.78, 5) is 0. The van der Waals surface area contributed by atoms with Crippen molar-refractivity contribution in [3.63, 3.8) is 0 Å². The summed E-state index contributed by atoms with van der Waals surface area (Å²) in [5.41, 5.74) is 1.62. The van der Waals surface area contributed by atoms with Crippen LogP contribution >= 0.6 is 0 Å². The minimum atomic E-state index is -0.710. The van der Waals surface area contributed by atoms with Gasteiger partial charge in [-0.1, -0.05) is 24.3 Å². The fraction of sp³-hybridized carbons (Fsp3) is 0.364. The monoisotopic (exact) mass is 404 g/mol. The van der Waals surface area contributed by atoms with Crippen molar-refractivity contribution in [3.8, 4) is 23.0 Å². The number of benzene rings is 2. The van der Waals surface area contributed by atoms with Gasteiger partial charge < -0.3 is 33.9 Å². The number of aliphatic hydroxyl groups is 1. The highest BCUT2D eigenvalue weighted by Crippen LogP contribution is 2.35. The number of hydrogen-bond donors (Lipinski definition) is 2. The Morgan fingerprint density at radius 2 is 1.69 bits per heavy atom. The number of hydrogen-bond acceptors (Lipinski definition) is 7. The first kappa shape index (κ1) is 22.5. The first-order valence-electron chi connectivity index (χ1n) is 9.08. The zero-order valence-electron chi connectivity index (χ0n) is 17.1. The fourth-order valence-corrected chi connectivity index (χ4v) is 2.90. The van der Waals surface area contributed by atoms with Gasteiger partial charge in [-0.25, -0.2) is 0 Å². The van der Waals surface area contributed by atoms with Crippen molar-refractivity contribution >= 4 is 6.08 Å². The molecule has 7 nitrogen and oxygen atoms in total. The van der Waals surface area contributed by atoms with Crippen molar-refractivity contribution in [3.05, 3.63) is 53.6 Å². The predicted molar refractivity (Wildman–Crippen MR) is 110 cm³/mol. The average Bonchev–Trinajstić information content (AvgIpc) is 2.75. The molecule has 2 aromatic rings. The second kappa shape index (κ2) is 11.3. The molecule has 0 heterocycles. The lowest BCUT2D eigenvalue weighted by atomic mass is 10.0. The van der Waals surface area contributed by atoms with E-state index in [1.165, 1.54) is 20.3 Å². The van der Waals surface area contributed by atoms with Crippen LogP contribution in [0.1, 0.15) is 17.2 Å². The molecule has 0 aliphatic carbocycles. The minimum absolute atomic E-state index is 0.0198. The number of phenols is 1. The Labute approximate surface area is 171 Å². The van der Waals surface area contributed by atoms with Gasteiger partial charge in [0.1, 0.15) is 6.10 Å². The highest BCUT2D eigenvalue weighted by atomic mass is 16.6. The maximum Gasteiger partial charge on any atom is 0.161 e. The molecule has 0 saturated heterocycles. The molecule has 2 aromatic carbocycles. The van der Waals surface area contributed by atoms with Crippen LogP contribution in [-0.4, -0.2) is 58.0 Å². The molecule has 2 rings (SSSR count). The highest BCUT2D eigenvalue weighted by Gasteiger charge is 2.26. The minimum Gasteiger partial charge on any atom is -0.504 e. The Hall–Kier alpha value is -2.74. The third-order valence-electron chi connectivity index (χ3n) is 4.34. The summed E-state index contributed by atoms with van der Waals surface area (Å²) in [6, 6.07) is 10.3. The van der Waals surface area contributed by atoms with Gasteiger partial charge in [0.2, 0.25) is 0 Å². The lowest BCUT2D eigenvalue weighted by Gasteiger charge is -2.27. The SMILES string of the molecule is COCC=Cc1ccc(O[C@H](CO)[C@H](OC)c2ccc(O)c(OC)c2)c(OC)c1. The van der Waals surface area contributed by atoms with Gasteiger partial charge in [-0.05, 0) is 35.4 Å². The maximum absolute atomic E-state index is 9.94. The fourth-order valence-electron chi connectivity index (χ4n) is 2.90. The summed E-state index contributed by atoms with van der Waals surface area (Å²) in [5.74, 6) is 1.33. The second-order valence-electron chi connectivity index (χ2n) is 6.19. The van der Waals surface area contributed by atoms with Gasteiger partial charge in [0.05, 0.1) is 27.4 Å². The summed E-state index contributed by atoms with van der Waals surface area (Å²) in [6.45, 7) is 0.221. The summed E-state index contributed by atoms with van der Waals surface area (Å²) >= 11 is 0. The zero-order valence-corrected chi connectivity index (χ0v) is 17.1. The number of aliphatic hydroxyl groups excluding tert-OH is 1. The van der Waals surface area contributed by atoms with Gasteiger partial charge >= 0.3 is 0 Å². The molecule has 2 N–H and O–H groups in total. The first-order chi connectivity index (χ1) is 14.1. The molecule has 0 radical (unpaired) electrons. The maximum atomic E-state index is 9.94.